The zero-order valence-corrected chi connectivity index (χ0v) is 9.65. The van der Waals surface area contributed by atoms with E-state index < -0.39 is 24.2 Å². The van der Waals surface area contributed by atoms with Gasteiger partial charge in [0.1, 0.15) is 0 Å². The highest BCUT2D eigenvalue weighted by Crippen LogP contribution is 2.16. The van der Waals surface area contributed by atoms with Crippen molar-refractivity contribution in [2.45, 2.75) is 38.8 Å². The lowest BCUT2D eigenvalue weighted by atomic mass is 10.1. The van der Waals surface area contributed by atoms with E-state index in [0.29, 0.717) is 12.8 Å². The molecule has 16 heavy (non-hydrogen) atoms. The molecule has 0 aromatic carbocycles. The summed E-state index contributed by atoms with van der Waals surface area (Å²) in [5, 5.41) is 20.1. The van der Waals surface area contributed by atoms with Crippen molar-refractivity contribution in [3.63, 3.8) is 0 Å². The first kappa shape index (κ1) is 14.9. The standard InChI is InChI=1S/C10H19NO5/c1-3-5-10(9(14)15,16-6-4-2)11-7-8(12)13/h11H,3-7H2,1-2H3,(H,12,13)(H,14,15). The molecule has 0 aromatic heterocycles. The Hall–Kier alpha value is -1.14. The third kappa shape index (κ3) is 4.59. The molecular weight excluding hydrogens is 214 g/mol. The Morgan fingerprint density at radius 2 is 1.88 bits per heavy atom. The van der Waals surface area contributed by atoms with E-state index in [4.69, 9.17) is 14.9 Å². The number of nitrogens with one attached hydrogen (secondary N) is 1. The van der Waals surface area contributed by atoms with Crippen molar-refractivity contribution in [1.29, 1.82) is 0 Å². The normalized spacial score (nSPS) is 14.4. The second-order valence-corrected chi connectivity index (χ2v) is 3.48. The van der Waals surface area contributed by atoms with Gasteiger partial charge in [0.25, 0.3) is 0 Å². The fraction of sp³-hybridized carbons (Fsp3) is 0.800. The van der Waals surface area contributed by atoms with Crippen LogP contribution in [0.15, 0.2) is 0 Å². The predicted octanol–water partition coefficient (Wildman–Crippen LogP) is 0.668. The van der Waals surface area contributed by atoms with Crippen LogP contribution in [0, 0.1) is 0 Å². The molecule has 0 heterocycles. The Morgan fingerprint density at radius 1 is 1.25 bits per heavy atom. The van der Waals surface area contributed by atoms with Crippen molar-refractivity contribution in [3.05, 3.63) is 0 Å². The SMILES string of the molecule is CCCOC(CCC)(NCC(=O)O)C(=O)O. The summed E-state index contributed by atoms with van der Waals surface area (Å²) in [5.41, 5.74) is -1.58. The molecule has 1 atom stereocenters. The maximum atomic E-state index is 11.1. The molecule has 94 valence electrons. The van der Waals surface area contributed by atoms with Gasteiger partial charge in [-0.25, -0.2) is 4.79 Å². The van der Waals surface area contributed by atoms with Crippen LogP contribution in [0.1, 0.15) is 33.1 Å². The maximum absolute atomic E-state index is 11.1. The summed E-state index contributed by atoms with van der Waals surface area (Å²) in [6.07, 6.45) is 1.49. The summed E-state index contributed by atoms with van der Waals surface area (Å²) in [6.45, 7) is 3.51. The summed E-state index contributed by atoms with van der Waals surface area (Å²) in [7, 11) is 0. The first-order valence-electron chi connectivity index (χ1n) is 5.32. The average molecular weight is 233 g/mol. The lowest BCUT2D eigenvalue weighted by Crippen LogP contribution is -2.55. The van der Waals surface area contributed by atoms with Gasteiger partial charge < -0.3 is 14.9 Å². The second-order valence-electron chi connectivity index (χ2n) is 3.48. The minimum absolute atomic E-state index is 0.232. The highest BCUT2D eigenvalue weighted by molar-refractivity contribution is 5.78. The van der Waals surface area contributed by atoms with Crippen molar-refractivity contribution in [2.75, 3.05) is 13.2 Å². The van der Waals surface area contributed by atoms with Crippen LogP contribution in [0.5, 0.6) is 0 Å². The van der Waals surface area contributed by atoms with Gasteiger partial charge in [0.2, 0.25) is 5.72 Å². The van der Waals surface area contributed by atoms with Gasteiger partial charge in [0.05, 0.1) is 6.54 Å². The van der Waals surface area contributed by atoms with Gasteiger partial charge in [-0.2, -0.15) is 0 Å². The summed E-state index contributed by atoms with van der Waals surface area (Å²) < 4.78 is 5.26. The number of aliphatic carboxylic acids is 2. The van der Waals surface area contributed by atoms with Crippen molar-refractivity contribution in [1.82, 2.24) is 5.32 Å². The molecule has 6 nitrogen and oxygen atoms in total. The number of rotatable bonds is 9. The molecule has 0 saturated carbocycles. The molecule has 0 saturated heterocycles. The van der Waals surface area contributed by atoms with Gasteiger partial charge in [-0.05, 0) is 6.42 Å². The van der Waals surface area contributed by atoms with E-state index >= 15 is 0 Å². The van der Waals surface area contributed by atoms with Gasteiger partial charge in [0, 0.05) is 13.0 Å². The van der Waals surface area contributed by atoms with Gasteiger partial charge >= 0.3 is 11.9 Å². The van der Waals surface area contributed by atoms with E-state index in [1.807, 2.05) is 13.8 Å². The number of carbonyl (C=O) groups is 2. The number of hydrogen-bond acceptors (Lipinski definition) is 4. The molecule has 0 radical (unpaired) electrons. The van der Waals surface area contributed by atoms with Crippen LogP contribution >= 0.6 is 0 Å². The molecule has 1 unspecified atom stereocenters. The van der Waals surface area contributed by atoms with Crippen LogP contribution in [-0.2, 0) is 14.3 Å². The molecule has 0 spiro atoms. The van der Waals surface area contributed by atoms with Crippen LogP contribution in [0.25, 0.3) is 0 Å². The number of hydrogen-bond donors (Lipinski definition) is 3. The molecule has 0 rings (SSSR count). The Morgan fingerprint density at radius 3 is 2.25 bits per heavy atom. The Labute approximate surface area is 94.6 Å². The molecule has 0 amide bonds. The van der Waals surface area contributed by atoms with Crippen molar-refractivity contribution in [3.8, 4) is 0 Å². The zero-order chi connectivity index (χ0) is 12.6. The molecule has 3 N–H and O–H groups in total. The summed E-state index contributed by atoms with van der Waals surface area (Å²) >= 11 is 0. The van der Waals surface area contributed by atoms with Crippen LogP contribution in [0.3, 0.4) is 0 Å². The molecule has 6 heteroatoms. The summed E-state index contributed by atoms with van der Waals surface area (Å²) in [4.78, 5) is 21.6. The lowest BCUT2D eigenvalue weighted by Gasteiger charge is -2.29. The number of carboxylic acid groups (broad SMARTS) is 2. The molecule has 0 aliphatic carbocycles. The molecular formula is C10H19NO5. The minimum Gasteiger partial charge on any atom is -0.480 e. The number of ether oxygens (including phenoxy) is 1. The summed E-state index contributed by atoms with van der Waals surface area (Å²) in [6, 6.07) is 0. The van der Waals surface area contributed by atoms with Crippen molar-refractivity contribution in [2.24, 2.45) is 0 Å². The Bertz CT molecular complexity index is 243. The van der Waals surface area contributed by atoms with Gasteiger partial charge in [-0.1, -0.05) is 20.3 Å². The predicted molar refractivity (Wildman–Crippen MR) is 57.2 cm³/mol. The van der Waals surface area contributed by atoms with Gasteiger partial charge in [-0.15, -0.1) is 0 Å². The van der Waals surface area contributed by atoms with Crippen LogP contribution in [-0.4, -0.2) is 41.0 Å². The van der Waals surface area contributed by atoms with Gasteiger partial charge in [-0.3, -0.25) is 10.1 Å². The van der Waals surface area contributed by atoms with E-state index in [0.717, 1.165) is 0 Å². The van der Waals surface area contributed by atoms with E-state index in [-0.39, 0.29) is 13.0 Å². The largest absolute Gasteiger partial charge is 0.480 e. The first-order chi connectivity index (χ1) is 7.48. The van der Waals surface area contributed by atoms with Crippen LogP contribution in [0.4, 0.5) is 0 Å². The quantitative estimate of drug-likeness (QED) is 0.506. The molecule has 0 fully saturated rings. The summed E-state index contributed by atoms with van der Waals surface area (Å²) in [5.74, 6) is -2.29. The van der Waals surface area contributed by atoms with E-state index in [2.05, 4.69) is 5.32 Å². The fourth-order valence-electron chi connectivity index (χ4n) is 1.30. The fourth-order valence-corrected chi connectivity index (χ4v) is 1.30. The topological polar surface area (TPSA) is 95.9 Å². The first-order valence-corrected chi connectivity index (χ1v) is 5.32. The van der Waals surface area contributed by atoms with E-state index in [1.54, 1.807) is 0 Å². The molecule has 0 aromatic rings. The monoisotopic (exact) mass is 233 g/mol. The maximum Gasteiger partial charge on any atom is 0.351 e. The highest BCUT2D eigenvalue weighted by Gasteiger charge is 2.38. The van der Waals surface area contributed by atoms with E-state index in [9.17, 15) is 9.59 Å². The molecule has 0 aliphatic rings. The molecule has 0 aliphatic heterocycles. The Kier molecular flexibility index (Phi) is 6.67. The Balaban J connectivity index is 4.63. The van der Waals surface area contributed by atoms with E-state index in [1.165, 1.54) is 0 Å². The molecule has 0 bridgehead atoms. The van der Waals surface area contributed by atoms with Crippen LogP contribution in [0.2, 0.25) is 0 Å². The van der Waals surface area contributed by atoms with Crippen molar-refractivity contribution < 1.29 is 24.5 Å². The zero-order valence-electron chi connectivity index (χ0n) is 9.65. The smallest absolute Gasteiger partial charge is 0.351 e. The second kappa shape index (κ2) is 7.19. The third-order valence-electron chi connectivity index (χ3n) is 2.03. The third-order valence-corrected chi connectivity index (χ3v) is 2.03. The van der Waals surface area contributed by atoms with Crippen molar-refractivity contribution >= 4 is 11.9 Å². The minimum atomic E-state index is -1.58. The van der Waals surface area contributed by atoms with Gasteiger partial charge in [0.15, 0.2) is 0 Å². The highest BCUT2D eigenvalue weighted by atomic mass is 16.5. The van der Waals surface area contributed by atoms with Crippen LogP contribution < -0.4 is 5.32 Å². The lowest BCUT2D eigenvalue weighted by molar-refractivity contribution is -0.173. The average Bonchev–Trinajstić information content (AvgIpc) is 2.22. The number of carboxylic acids is 2.